The van der Waals surface area contributed by atoms with Gasteiger partial charge < -0.3 is 18.9 Å². The Kier molecular flexibility index (Phi) is 8.20. The monoisotopic (exact) mass is 608 g/mol. The quantitative estimate of drug-likeness (QED) is 0.227. The van der Waals surface area contributed by atoms with Crippen LogP contribution in [-0.2, 0) is 33.3 Å². The van der Waals surface area contributed by atoms with Crippen molar-refractivity contribution in [3.8, 4) is 17.2 Å². The molecule has 5 rings (SSSR count). The first-order chi connectivity index (χ1) is 19.6. The molecule has 2 unspecified atom stereocenters. The Morgan fingerprint density at radius 2 is 1.93 bits per heavy atom. The van der Waals surface area contributed by atoms with Gasteiger partial charge in [0.15, 0.2) is 17.3 Å². The van der Waals surface area contributed by atoms with Gasteiger partial charge >= 0.3 is 12.1 Å². The van der Waals surface area contributed by atoms with Crippen LogP contribution in [0, 0.1) is 0 Å². The zero-order valence-corrected chi connectivity index (χ0v) is 23.6. The van der Waals surface area contributed by atoms with Crippen LogP contribution in [0.3, 0.4) is 0 Å². The second-order valence-electron chi connectivity index (χ2n) is 9.01. The first-order valence-electron chi connectivity index (χ1n) is 12.3. The number of aromatic nitrogens is 4. The minimum absolute atomic E-state index is 0.0448. The van der Waals surface area contributed by atoms with Gasteiger partial charge in [-0.05, 0) is 30.7 Å². The fraction of sp³-hybridized carbons (Fsp3) is 0.333. The Labute approximate surface area is 241 Å². The van der Waals surface area contributed by atoms with E-state index in [0.717, 1.165) is 9.44 Å². The highest BCUT2D eigenvalue weighted by molar-refractivity contribution is 7.11. The minimum atomic E-state index is -4.80. The third-order valence-corrected chi connectivity index (χ3v) is 7.84. The molecule has 0 N–H and O–H groups in total. The van der Waals surface area contributed by atoms with Crippen molar-refractivity contribution in [2.24, 2.45) is 0 Å². The molecule has 0 saturated carbocycles. The van der Waals surface area contributed by atoms with Gasteiger partial charge in [-0.15, -0.1) is 21.5 Å². The van der Waals surface area contributed by atoms with E-state index in [9.17, 15) is 18.0 Å². The molecule has 0 bridgehead atoms. The summed E-state index contributed by atoms with van der Waals surface area (Å²) >= 11 is 7.69. The number of halogens is 4. The zero-order valence-electron chi connectivity index (χ0n) is 22.1. The number of hydrogen-bond donors (Lipinski definition) is 0. The summed E-state index contributed by atoms with van der Waals surface area (Å²) in [5, 5.41) is 8.35. The van der Waals surface area contributed by atoms with Gasteiger partial charge in [-0.25, -0.2) is 4.98 Å². The molecule has 41 heavy (non-hydrogen) atoms. The van der Waals surface area contributed by atoms with Gasteiger partial charge in [0.25, 0.3) is 0 Å². The van der Waals surface area contributed by atoms with Crippen molar-refractivity contribution in [2.45, 2.75) is 37.6 Å². The summed E-state index contributed by atoms with van der Waals surface area (Å²) in [6.45, 7) is 0. The molecule has 1 aliphatic rings. The molecule has 0 saturated heterocycles. The molecular weight excluding hydrogens is 585 g/mol. The molecule has 2 aromatic carbocycles. The lowest BCUT2D eigenvalue weighted by Crippen LogP contribution is -2.17. The van der Waals surface area contributed by atoms with E-state index in [1.54, 1.807) is 30.5 Å². The molecule has 0 radical (unpaired) electrons. The van der Waals surface area contributed by atoms with Crippen LogP contribution in [-0.4, -0.2) is 47.0 Å². The number of benzene rings is 2. The number of ether oxygens (including phenoxy) is 4. The number of para-hydroxylation sites is 1. The standard InChI is InChI=1S/C27H24ClF3N4O5S/c1-37-19-6-4-5-16(24(19)39-3)23-17-11-14(28)7-9-18(17)35-25(33-34-26(35)27(29,30)31)20(40-23)12-21-32-13-15(41-21)8-10-22(36)38-2/h4-7,9,11,13,20,23H,8,10,12H2,1-3H3. The van der Waals surface area contributed by atoms with E-state index in [1.807, 2.05) is 0 Å². The number of esters is 1. The van der Waals surface area contributed by atoms with E-state index in [1.165, 1.54) is 44.8 Å². The Balaban J connectivity index is 1.65. The van der Waals surface area contributed by atoms with Crippen LogP contribution < -0.4 is 9.47 Å². The normalized spacial score (nSPS) is 16.5. The van der Waals surface area contributed by atoms with Gasteiger partial charge in [-0.3, -0.25) is 9.36 Å². The summed E-state index contributed by atoms with van der Waals surface area (Å²) in [6.07, 6.45) is -4.44. The van der Waals surface area contributed by atoms with Gasteiger partial charge in [0.2, 0.25) is 5.82 Å². The van der Waals surface area contributed by atoms with E-state index in [4.69, 9.17) is 30.5 Å². The largest absolute Gasteiger partial charge is 0.493 e. The highest BCUT2D eigenvalue weighted by Crippen LogP contribution is 2.47. The zero-order chi connectivity index (χ0) is 29.3. The van der Waals surface area contributed by atoms with Gasteiger partial charge in [0, 0.05) is 33.6 Å². The number of rotatable bonds is 8. The number of alkyl halides is 3. The summed E-state index contributed by atoms with van der Waals surface area (Å²) in [6, 6.07) is 9.73. The molecule has 216 valence electrons. The highest BCUT2D eigenvalue weighted by atomic mass is 35.5. The van der Waals surface area contributed by atoms with Crippen LogP contribution in [0.2, 0.25) is 5.02 Å². The second-order valence-corrected chi connectivity index (χ2v) is 10.6. The van der Waals surface area contributed by atoms with E-state index < -0.39 is 24.2 Å². The van der Waals surface area contributed by atoms with Gasteiger partial charge in [0.1, 0.15) is 12.2 Å². The Hall–Kier alpha value is -3.68. The van der Waals surface area contributed by atoms with Crippen LogP contribution in [0.15, 0.2) is 42.6 Å². The fourth-order valence-corrected chi connectivity index (χ4v) is 5.84. The third kappa shape index (κ3) is 5.74. The molecule has 14 heteroatoms. The summed E-state index contributed by atoms with van der Waals surface area (Å²) in [5.74, 6) is -0.815. The lowest BCUT2D eigenvalue weighted by atomic mass is 9.98. The number of aryl methyl sites for hydroxylation is 1. The smallest absolute Gasteiger partial charge is 0.452 e. The molecule has 3 heterocycles. The van der Waals surface area contributed by atoms with Crippen molar-refractivity contribution in [2.75, 3.05) is 21.3 Å². The number of thiazole rings is 1. The molecule has 0 amide bonds. The minimum Gasteiger partial charge on any atom is -0.493 e. The van der Waals surface area contributed by atoms with Gasteiger partial charge in [-0.2, -0.15) is 13.2 Å². The number of carbonyl (C=O) groups excluding carboxylic acids is 1. The number of carbonyl (C=O) groups is 1. The Morgan fingerprint density at radius 3 is 2.63 bits per heavy atom. The molecule has 4 aromatic rings. The van der Waals surface area contributed by atoms with E-state index in [2.05, 4.69) is 15.2 Å². The summed E-state index contributed by atoms with van der Waals surface area (Å²) in [4.78, 5) is 16.8. The predicted molar refractivity (Wildman–Crippen MR) is 143 cm³/mol. The lowest BCUT2D eigenvalue weighted by Gasteiger charge is -2.24. The van der Waals surface area contributed by atoms with Crippen molar-refractivity contribution < 1.29 is 36.9 Å². The third-order valence-electron chi connectivity index (χ3n) is 6.52. The topological polar surface area (TPSA) is 97.6 Å². The summed E-state index contributed by atoms with van der Waals surface area (Å²) < 4.78 is 66.0. The number of methoxy groups -OCH3 is 3. The van der Waals surface area contributed by atoms with Crippen LogP contribution in [0.4, 0.5) is 13.2 Å². The summed E-state index contributed by atoms with van der Waals surface area (Å²) in [7, 11) is 4.27. The summed E-state index contributed by atoms with van der Waals surface area (Å²) in [5.41, 5.74) is 1.04. The molecule has 0 aliphatic carbocycles. The maximum absolute atomic E-state index is 14.2. The number of nitrogens with zero attached hydrogens (tertiary/aromatic N) is 4. The van der Waals surface area contributed by atoms with Gasteiger partial charge in [-0.1, -0.05) is 23.7 Å². The SMILES string of the molecule is COC(=O)CCc1cnc(CC2OC(c3cccc(OC)c3OC)c3cc(Cl)ccc3-n3c2nnc3C(F)(F)F)s1. The van der Waals surface area contributed by atoms with Crippen LogP contribution in [0.5, 0.6) is 11.5 Å². The van der Waals surface area contributed by atoms with Crippen molar-refractivity contribution in [3.63, 3.8) is 0 Å². The average molecular weight is 609 g/mol. The molecule has 1 aliphatic heterocycles. The maximum Gasteiger partial charge on any atom is 0.452 e. The Morgan fingerprint density at radius 1 is 1.12 bits per heavy atom. The van der Waals surface area contributed by atoms with Gasteiger partial charge in [0.05, 0.1) is 38.4 Å². The maximum atomic E-state index is 14.2. The number of fused-ring (bicyclic) bond motifs is 3. The Bertz CT molecular complexity index is 1570. The van der Waals surface area contributed by atoms with Crippen molar-refractivity contribution in [1.29, 1.82) is 0 Å². The predicted octanol–water partition coefficient (Wildman–Crippen LogP) is 5.92. The molecule has 2 aromatic heterocycles. The van der Waals surface area contributed by atoms with Crippen molar-refractivity contribution >= 4 is 28.9 Å². The second kappa shape index (κ2) is 11.7. The van der Waals surface area contributed by atoms with E-state index in [0.29, 0.717) is 39.1 Å². The van der Waals surface area contributed by atoms with E-state index >= 15 is 0 Å². The first kappa shape index (κ1) is 28.8. The van der Waals surface area contributed by atoms with Crippen LogP contribution in [0.1, 0.15) is 51.3 Å². The van der Waals surface area contributed by atoms with Crippen molar-refractivity contribution in [3.05, 3.63) is 80.3 Å². The highest BCUT2D eigenvalue weighted by Gasteiger charge is 2.43. The molecule has 2 atom stereocenters. The average Bonchev–Trinajstić information content (AvgIpc) is 3.58. The molecule has 0 fully saturated rings. The molecule has 0 spiro atoms. The molecule has 9 nitrogen and oxygen atoms in total. The fourth-order valence-electron chi connectivity index (χ4n) is 4.71. The first-order valence-corrected chi connectivity index (χ1v) is 13.5. The number of hydrogen-bond acceptors (Lipinski definition) is 9. The molecular formula is C27H24ClF3N4O5S. The van der Waals surface area contributed by atoms with Crippen LogP contribution >= 0.6 is 22.9 Å². The van der Waals surface area contributed by atoms with Crippen LogP contribution in [0.25, 0.3) is 5.69 Å². The van der Waals surface area contributed by atoms with E-state index in [-0.39, 0.29) is 30.3 Å². The lowest BCUT2D eigenvalue weighted by molar-refractivity contribution is -0.146. The van der Waals surface area contributed by atoms with Crippen molar-refractivity contribution in [1.82, 2.24) is 19.7 Å².